The van der Waals surface area contributed by atoms with E-state index in [1.54, 1.807) is 6.33 Å². The maximum absolute atomic E-state index is 5.60. The predicted molar refractivity (Wildman–Crippen MR) is 71.4 cm³/mol. The molecule has 0 saturated carbocycles. The van der Waals surface area contributed by atoms with Crippen molar-refractivity contribution in [3.63, 3.8) is 0 Å². The van der Waals surface area contributed by atoms with Crippen LogP contribution in [0.4, 0.5) is 0 Å². The second-order valence-corrected chi connectivity index (χ2v) is 3.80. The molecule has 3 nitrogen and oxygen atoms in total. The molecule has 0 atom stereocenters. The highest BCUT2D eigenvalue weighted by molar-refractivity contribution is 5.81. The van der Waals surface area contributed by atoms with Crippen LogP contribution in [0.15, 0.2) is 24.5 Å². The third kappa shape index (κ3) is 3.41. The highest BCUT2D eigenvalue weighted by Gasteiger charge is 2.02. The summed E-state index contributed by atoms with van der Waals surface area (Å²) in [5.74, 6) is 0.857. The number of fused-ring (bicyclic) bond motifs is 1. The first kappa shape index (κ1) is 13.4. The maximum Gasteiger partial charge on any atom is 0.121 e. The van der Waals surface area contributed by atoms with Crippen molar-refractivity contribution in [1.82, 2.24) is 9.97 Å². The van der Waals surface area contributed by atoms with Crippen LogP contribution < -0.4 is 4.74 Å². The number of benzene rings is 1. The third-order valence-electron chi connectivity index (χ3n) is 2.18. The molecule has 0 saturated heterocycles. The molecule has 0 aliphatic heterocycles. The Hall–Kier alpha value is -1.64. The van der Waals surface area contributed by atoms with Crippen molar-refractivity contribution in [1.29, 1.82) is 0 Å². The predicted octanol–water partition coefficient (Wildman–Crippen LogP) is 3.75. The van der Waals surface area contributed by atoms with Crippen molar-refractivity contribution in [3.8, 4) is 5.75 Å². The highest BCUT2D eigenvalue weighted by atomic mass is 16.5. The summed E-state index contributed by atoms with van der Waals surface area (Å²) < 4.78 is 5.60. The van der Waals surface area contributed by atoms with E-state index in [-0.39, 0.29) is 6.10 Å². The molecule has 1 heterocycles. The van der Waals surface area contributed by atoms with E-state index in [9.17, 15) is 0 Å². The van der Waals surface area contributed by atoms with Crippen LogP contribution >= 0.6 is 0 Å². The molecule has 0 unspecified atom stereocenters. The zero-order chi connectivity index (χ0) is 12.8. The van der Waals surface area contributed by atoms with E-state index in [0.29, 0.717) is 0 Å². The lowest BCUT2D eigenvalue weighted by atomic mass is 10.2. The van der Waals surface area contributed by atoms with Crippen LogP contribution in [0.1, 0.15) is 33.4 Å². The normalized spacial score (nSPS) is 10.0. The first-order chi connectivity index (χ1) is 8.16. The molecular weight excluding hydrogens is 212 g/mol. The molecule has 0 bridgehead atoms. The number of aryl methyl sites for hydroxylation is 1. The Balaban J connectivity index is 0.000000686. The summed E-state index contributed by atoms with van der Waals surface area (Å²) in [7, 11) is 0. The smallest absolute Gasteiger partial charge is 0.121 e. The van der Waals surface area contributed by atoms with Gasteiger partial charge in [-0.1, -0.05) is 13.8 Å². The van der Waals surface area contributed by atoms with Gasteiger partial charge in [0.15, 0.2) is 0 Å². The summed E-state index contributed by atoms with van der Waals surface area (Å²) in [6.07, 6.45) is 1.77. The Bertz CT molecular complexity index is 481. The minimum atomic E-state index is 0.186. The second kappa shape index (κ2) is 6.18. The quantitative estimate of drug-likeness (QED) is 0.791. The van der Waals surface area contributed by atoms with Gasteiger partial charge in [-0.2, -0.15) is 0 Å². The maximum atomic E-state index is 5.60. The van der Waals surface area contributed by atoms with Crippen LogP contribution in [0.2, 0.25) is 0 Å². The molecule has 2 rings (SSSR count). The van der Waals surface area contributed by atoms with Gasteiger partial charge < -0.3 is 4.74 Å². The van der Waals surface area contributed by atoms with Gasteiger partial charge in [0, 0.05) is 17.1 Å². The largest absolute Gasteiger partial charge is 0.491 e. The Kier molecular flexibility index (Phi) is 4.88. The number of aromatic nitrogens is 2. The summed E-state index contributed by atoms with van der Waals surface area (Å²) in [5.41, 5.74) is 1.93. The fourth-order valence-corrected chi connectivity index (χ4v) is 1.52. The number of rotatable bonds is 2. The zero-order valence-corrected chi connectivity index (χ0v) is 11.2. The molecule has 0 aliphatic carbocycles. The Morgan fingerprint density at radius 2 is 1.82 bits per heavy atom. The first-order valence-electron chi connectivity index (χ1n) is 6.05. The lowest BCUT2D eigenvalue weighted by Gasteiger charge is -2.10. The Morgan fingerprint density at radius 3 is 2.47 bits per heavy atom. The van der Waals surface area contributed by atoms with Crippen molar-refractivity contribution in [2.75, 3.05) is 0 Å². The van der Waals surface area contributed by atoms with Crippen molar-refractivity contribution in [3.05, 3.63) is 30.2 Å². The summed E-state index contributed by atoms with van der Waals surface area (Å²) in [6.45, 7) is 10.00. The van der Waals surface area contributed by atoms with Crippen LogP contribution in [0.3, 0.4) is 0 Å². The Labute approximate surface area is 103 Å². The second-order valence-electron chi connectivity index (χ2n) is 3.80. The van der Waals surface area contributed by atoms with Crippen molar-refractivity contribution in [2.24, 2.45) is 0 Å². The molecule has 1 aromatic carbocycles. The molecule has 0 aliphatic rings. The topological polar surface area (TPSA) is 35.0 Å². The van der Waals surface area contributed by atoms with Gasteiger partial charge in [-0.15, -0.1) is 0 Å². The van der Waals surface area contributed by atoms with E-state index in [0.717, 1.165) is 22.3 Å². The summed E-state index contributed by atoms with van der Waals surface area (Å²) in [4.78, 5) is 8.36. The molecule has 92 valence electrons. The van der Waals surface area contributed by atoms with Crippen LogP contribution in [0, 0.1) is 6.92 Å². The fraction of sp³-hybridized carbons (Fsp3) is 0.429. The lowest BCUT2D eigenvalue weighted by molar-refractivity contribution is 0.242. The van der Waals surface area contributed by atoms with Crippen LogP contribution in [0.25, 0.3) is 10.9 Å². The van der Waals surface area contributed by atoms with Crippen molar-refractivity contribution in [2.45, 2.75) is 40.7 Å². The van der Waals surface area contributed by atoms with E-state index >= 15 is 0 Å². The summed E-state index contributed by atoms with van der Waals surface area (Å²) >= 11 is 0. The minimum Gasteiger partial charge on any atom is -0.491 e. The number of hydrogen-bond acceptors (Lipinski definition) is 3. The number of hydrogen-bond donors (Lipinski definition) is 0. The van der Waals surface area contributed by atoms with Crippen LogP contribution in [0.5, 0.6) is 5.75 Å². The lowest BCUT2D eigenvalue weighted by Crippen LogP contribution is -2.05. The van der Waals surface area contributed by atoms with E-state index in [1.807, 2.05) is 52.8 Å². The molecule has 0 N–H and O–H groups in total. The van der Waals surface area contributed by atoms with Gasteiger partial charge in [-0.25, -0.2) is 9.97 Å². The van der Waals surface area contributed by atoms with Gasteiger partial charge in [0.2, 0.25) is 0 Å². The van der Waals surface area contributed by atoms with E-state index in [1.165, 1.54) is 0 Å². The molecule has 2 aromatic rings. The van der Waals surface area contributed by atoms with Crippen LogP contribution in [-0.2, 0) is 0 Å². The summed E-state index contributed by atoms with van der Waals surface area (Å²) in [5, 5.41) is 1.08. The molecule has 17 heavy (non-hydrogen) atoms. The minimum absolute atomic E-state index is 0.186. The Morgan fingerprint density at radius 1 is 1.12 bits per heavy atom. The first-order valence-corrected chi connectivity index (χ1v) is 6.05. The van der Waals surface area contributed by atoms with E-state index in [4.69, 9.17) is 4.74 Å². The monoisotopic (exact) mass is 232 g/mol. The van der Waals surface area contributed by atoms with Gasteiger partial charge >= 0.3 is 0 Å². The van der Waals surface area contributed by atoms with Gasteiger partial charge in [0.25, 0.3) is 0 Å². The SMILES string of the molecule is CC.Cc1ncnc2cc(OC(C)C)ccc12. The molecule has 0 fully saturated rings. The van der Waals surface area contributed by atoms with Crippen molar-refractivity contribution < 1.29 is 4.74 Å². The van der Waals surface area contributed by atoms with E-state index in [2.05, 4.69) is 9.97 Å². The molecular formula is C14H20N2O. The van der Waals surface area contributed by atoms with Crippen LogP contribution in [-0.4, -0.2) is 16.1 Å². The van der Waals surface area contributed by atoms with Gasteiger partial charge in [0.05, 0.1) is 11.6 Å². The molecule has 0 spiro atoms. The van der Waals surface area contributed by atoms with Gasteiger partial charge in [-0.3, -0.25) is 0 Å². The number of ether oxygens (including phenoxy) is 1. The molecule has 1 aromatic heterocycles. The average molecular weight is 232 g/mol. The fourth-order valence-electron chi connectivity index (χ4n) is 1.52. The molecule has 0 amide bonds. The zero-order valence-electron chi connectivity index (χ0n) is 11.2. The van der Waals surface area contributed by atoms with Crippen molar-refractivity contribution >= 4 is 10.9 Å². The standard InChI is InChI=1S/C12H14N2O.C2H6/c1-8(2)15-10-4-5-11-9(3)13-7-14-12(11)6-10;1-2/h4-8H,1-3H3;1-2H3. The van der Waals surface area contributed by atoms with Gasteiger partial charge in [-0.05, 0) is 32.9 Å². The highest BCUT2D eigenvalue weighted by Crippen LogP contribution is 2.21. The third-order valence-corrected chi connectivity index (χ3v) is 2.18. The summed E-state index contributed by atoms with van der Waals surface area (Å²) in [6, 6.07) is 5.91. The van der Waals surface area contributed by atoms with E-state index < -0.39 is 0 Å². The molecule has 3 heteroatoms. The average Bonchev–Trinajstić information content (AvgIpc) is 2.31. The number of nitrogens with zero attached hydrogens (tertiary/aromatic N) is 2. The van der Waals surface area contributed by atoms with Gasteiger partial charge in [0.1, 0.15) is 12.1 Å². The molecule has 0 radical (unpaired) electrons.